The number of anilines is 1. The van der Waals surface area contributed by atoms with Crippen molar-refractivity contribution in [3.8, 4) is 6.07 Å². The van der Waals surface area contributed by atoms with E-state index in [2.05, 4.69) is 11.1 Å². The third-order valence-electron chi connectivity index (χ3n) is 2.81. The fourth-order valence-corrected chi connectivity index (χ4v) is 1.67. The van der Waals surface area contributed by atoms with E-state index in [1.54, 1.807) is 43.6 Å². The average Bonchev–Trinajstić information content (AvgIpc) is 2.48. The summed E-state index contributed by atoms with van der Waals surface area (Å²) in [5.74, 6) is 0.588. The summed E-state index contributed by atoms with van der Waals surface area (Å²) in [6, 6.07) is 14.5. The molecule has 0 N–H and O–H groups in total. The molecule has 19 heavy (non-hydrogen) atoms. The van der Waals surface area contributed by atoms with Gasteiger partial charge in [0.25, 0.3) is 0 Å². The van der Waals surface area contributed by atoms with Crippen LogP contribution in [0.5, 0.6) is 0 Å². The van der Waals surface area contributed by atoms with Crippen molar-refractivity contribution >= 4 is 11.7 Å². The van der Waals surface area contributed by atoms with Crippen molar-refractivity contribution in [1.29, 1.82) is 5.26 Å². The molecule has 0 bridgehead atoms. The Hall–Kier alpha value is -2.67. The summed E-state index contributed by atoms with van der Waals surface area (Å²) < 4.78 is 0. The van der Waals surface area contributed by atoms with Crippen LogP contribution in [0.25, 0.3) is 0 Å². The van der Waals surface area contributed by atoms with Crippen molar-refractivity contribution in [2.24, 2.45) is 0 Å². The number of benzene rings is 1. The highest BCUT2D eigenvalue weighted by Crippen LogP contribution is 2.10. The Morgan fingerprint density at radius 2 is 2.00 bits per heavy atom. The van der Waals surface area contributed by atoms with Crippen LogP contribution < -0.4 is 4.90 Å². The number of rotatable bonds is 3. The van der Waals surface area contributed by atoms with Crippen molar-refractivity contribution in [3.63, 3.8) is 0 Å². The highest BCUT2D eigenvalue weighted by atomic mass is 16.2. The zero-order chi connectivity index (χ0) is 13.7. The second kappa shape index (κ2) is 5.78. The van der Waals surface area contributed by atoms with E-state index in [1.165, 1.54) is 4.90 Å². The number of nitrogens with zero attached hydrogens (tertiary/aromatic N) is 3. The third kappa shape index (κ3) is 3.17. The smallest absolute Gasteiger partial charge is 0.232 e. The molecule has 0 atom stereocenters. The first-order valence-electron chi connectivity index (χ1n) is 5.87. The Balaban J connectivity index is 2.06. The Bertz CT molecular complexity index is 600. The highest BCUT2D eigenvalue weighted by Gasteiger charge is 2.12. The van der Waals surface area contributed by atoms with Gasteiger partial charge in [0, 0.05) is 13.2 Å². The maximum Gasteiger partial charge on any atom is 0.232 e. The standard InChI is InChI=1S/C15H13N3O/c1-18(14-4-2-3-9-17-14)15(19)10-12-5-7-13(11-16)8-6-12/h2-9H,10H2,1H3. The summed E-state index contributed by atoms with van der Waals surface area (Å²) in [6.07, 6.45) is 1.94. The summed E-state index contributed by atoms with van der Waals surface area (Å²) in [5, 5.41) is 8.71. The Morgan fingerprint density at radius 1 is 1.26 bits per heavy atom. The molecule has 0 spiro atoms. The lowest BCUT2D eigenvalue weighted by Crippen LogP contribution is -2.28. The van der Waals surface area contributed by atoms with Gasteiger partial charge in [0.05, 0.1) is 18.1 Å². The van der Waals surface area contributed by atoms with E-state index in [4.69, 9.17) is 5.26 Å². The van der Waals surface area contributed by atoms with Crippen LogP contribution >= 0.6 is 0 Å². The molecule has 1 aromatic heterocycles. The second-order valence-electron chi connectivity index (χ2n) is 4.13. The molecule has 1 heterocycles. The molecule has 0 unspecified atom stereocenters. The molecule has 4 nitrogen and oxygen atoms in total. The highest BCUT2D eigenvalue weighted by molar-refractivity contribution is 5.93. The average molecular weight is 251 g/mol. The molecule has 2 aromatic rings. The molecular weight excluding hydrogens is 238 g/mol. The molecule has 0 fully saturated rings. The molecule has 1 amide bonds. The van der Waals surface area contributed by atoms with Gasteiger partial charge in [-0.25, -0.2) is 4.98 Å². The topological polar surface area (TPSA) is 57.0 Å². The van der Waals surface area contributed by atoms with Gasteiger partial charge in [-0.05, 0) is 29.8 Å². The molecule has 0 saturated carbocycles. The van der Waals surface area contributed by atoms with Crippen molar-refractivity contribution in [2.75, 3.05) is 11.9 Å². The summed E-state index contributed by atoms with van der Waals surface area (Å²) in [6.45, 7) is 0. The number of nitriles is 1. The van der Waals surface area contributed by atoms with Crippen LogP contribution in [-0.4, -0.2) is 17.9 Å². The van der Waals surface area contributed by atoms with Crippen molar-refractivity contribution in [1.82, 2.24) is 4.98 Å². The molecule has 94 valence electrons. The van der Waals surface area contributed by atoms with E-state index in [0.29, 0.717) is 17.8 Å². The SMILES string of the molecule is CN(C(=O)Cc1ccc(C#N)cc1)c1ccccn1. The number of pyridine rings is 1. The molecule has 4 heteroatoms. The number of hydrogen-bond donors (Lipinski definition) is 0. The Labute approximate surface area is 111 Å². The second-order valence-corrected chi connectivity index (χ2v) is 4.13. The van der Waals surface area contributed by atoms with Gasteiger partial charge in [0.15, 0.2) is 0 Å². The third-order valence-corrected chi connectivity index (χ3v) is 2.81. The van der Waals surface area contributed by atoms with E-state index in [-0.39, 0.29) is 5.91 Å². The number of carbonyl (C=O) groups excluding carboxylic acids is 1. The predicted molar refractivity (Wildman–Crippen MR) is 72.5 cm³/mol. The quantitative estimate of drug-likeness (QED) is 0.840. The van der Waals surface area contributed by atoms with Gasteiger partial charge in [0.2, 0.25) is 5.91 Å². The first-order chi connectivity index (χ1) is 9.20. The summed E-state index contributed by atoms with van der Waals surface area (Å²) in [5.41, 5.74) is 1.47. The Morgan fingerprint density at radius 3 is 2.58 bits per heavy atom. The van der Waals surface area contributed by atoms with Gasteiger partial charge in [-0.1, -0.05) is 18.2 Å². The summed E-state index contributed by atoms with van der Waals surface area (Å²) >= 11 is 0. The lowest BCUT2D eigenvalue weighted by atomic mass is 10.1. The van der Waals surface area contributed by atoms with Crippen LogP contribution in [0.3, 0.4) is 0 Å². The predicted octanol–water partition coefficient (Wildman–Crippen LogP) is 2.16. The number of likely N-dealkylation sites (N-methyl/N-ethyl adjacent to an activating group) is 1. The number of carbonyl (C=O) groups is 1. The maximum atomic E-state index is 12.1. The zero-order valence-electron chi connectivity index (χ0n) is 10.6. The normalized spacial score (nSPS) is 9.68. The van der Waals surface area contributed by atoms with Gasteiger partial charge in [-0.2, -0.15) is 5.26 Å². The van der Waals surface area contributed by atoms with Crippen LogP contribution in [0.2, 0.25) is 0 Å². The lowest BCUT2D eigenvalue weighted by Gasteiger charge is -2.15. The Kier molecular flexibility index (Phi) is 3.89. The fraction of sp³-hybridized carbons (Fsp3) is 0.133. The number of aromatic nitrogens is 1. The molecule has 0 saturated heterocycles. The van der Waals surface area contributed by atoms with Crippen molar-refractivity contribution < 1.29 is 4.79 Å². The van der Waals surface area contributed by atoms with Gasteiger partial charge >= 0.3 is 0 Å². The minimum Gasteiger partial charge on any atom is -0.300 e. The van der Waals surface area contributed by atoms with E-state index in [9.17, 15) is 4.79 Å². The van der Waals surface area contributed by atoms with Gasteiger partial charge in [0.1, 0.15) is 5.82 Å². The van der Waals surface area contributed by atoms with Gasteiger partial charge in [-0.15, -0.1) is 0 Å². The first kappa shape index (κ1) is 12.8. The molecule has 0 aliphatic heterocycles. The first-order valence-corrected chi connectivity index (χ1v) is 5.87. The van der Waals surface area contributed by atoms with Gasteiger partial charge < -0.3 is 0 Å². The molecule has 0 aliphatic carbocycles. The molecule has 0 radical (unpaired) electrons. The van der Waals surface area contributed by atoms with Crippen molar-refractivity contribution in [2.45, 2.75) is 6.42 Å². The molecule has 2 rings (SSSR count). The van der Waals surface area contributed by atoms with Crippen LogP contribution in [0.1, 0.15) is 11.1 Å². The fourth-order valence-electron chi connectivity index (χ4n) is 1.67. The monoisotopic (exact) mass is 251 g/mol. The van der Waals surface area contributed by atoms with Crippen LogP contribution in [0, 0.1) is 11.3 Å². The van der Waals surface area contributed by atoms with E-state index >= 15 is 0 Å². The van der Waals surface area contributed by atoms with E-state index < -0.39 is 0 Å². The number of amides is 1. The number of hydrogen-bond acceptors (Lipinski definition) is 3. The molecule has 0 aliphatic rings. The van der Waals surface area contributed by atoms with Crippen LogP contribution in [-0.2, 0) is 11.2 Å². The van der Waals surface area contributed by atoms with E-state index in [0.717, 1.165) is 5.56 Å². The minimum atomic E-state index is -0.0385. The molecule has 1 aromatic carbocycles. The van der Waals surface area contributed by atoms with Crippen LogP contribution in [0.4, 0.5) is 5.82 Å². The minimum absolute atomic E-state index is 0.0385. The van der Waals surface area contributed by atoms with E-state index in [1.807, 2.05) is 12.1 Å². The maximum absolute atomic E-state index is 12.1. The largest absolute Gasteiger partial charge is 0.300 e. The zero-order valence-corrected chi connectivity index (χ0v) is 10.6. The summed E-state index contributed by atoms with van der Waals surface area (Å²) in [7, 11) is 1.70. The van der Waals surface area contributed by atoms with Gasteiger partial charge in [-0.3, -0.25) is 9.69 Å². The summed E-state index contributed by atoms with van der Waals surface area (Å²) in [4.78, 5) is 17.7. The van der Waals surface area contributed by atoms with Crippen LogP contribution in [0.15, 0.2) is 48.7 Å². The molecular formula is C15H13N3O. The lowest BCUT2D eigenvalue weighted by molar-refractivity contribution is -0.117. The van der Waals surface area contributed by atoms with Crippen molar-refractivity contribution in [3.05, 3.63) is 59.8 Å².